The lowest BCUT2D eigenvalue weighted by atomic mass is 10.1. The summed E-state index contributed by atoms with van der Waals surface area (Å²) in [5, 5.41) is 3.36. The molecule has 8 heteroatoms. The molecule has 1 aromatic rings. The topological polar surface area (TPSA) is 85.5 Å². The van der Waals surface area contributed by atoms with Gasteiger partial charge < -0.3 is 28.8 Å². The predicted octanol–water partition coefficient (Wildman–Crippen LogP) is 2.89. The molecule has 0 aromatic carbocycles. The Balaban J connectivity index is 1.50. The molecule has 1 N–H and O–H groups in total. The molecule has 1 unspecified atom stereocenters. The van der Waals surface area contributed by atoms with E-state index in [0.717, 1.165) is 51.5 Å². The van der Waals surface area contributed by atoms with Crippen molar-refractivity contribution < 1.29 is 23.4 Å². The van der Waals surface area contributed by atoms with Gasteiger partial charge in [-0.2, -0.15) is 0 Å². The van der Waals surface area contributed by atoms with E-state index in [9.17, 15) is 4.79 Å². The van der Waals surface area contributed by atoms with E-state index < -0.39 is 0 Å². The number of esters is 1. The number of ether oxygens (including phenoxy) is 3. The summed E-state index contributed by atoms with van der Waals surface area (Å²) >= 11 is 0. The highest BCUT2D eigenvalue weighted by Gasteiger charge is 2.24. The van der Waals surface area contributed by atoms with E-state index in [0.29, 0.717) is 30.2 Å². The fourth-order valence-electron chi connectivity index (χ4n) is 3.93. The second-order valence-corrected chi connectivity index (χ2v) is 7.85. The number of furan rings is 1. The average Bonchev–Trinajstić information content (AvgIpc) is 3.16. The summed E-state index contributed by atoms with van der Waals surface area (Å²) in [6.07, 6.45) is 6.02. The van der Waals surface area contributed by atoms with E-state index in [1.807, 2.05) is 0 Å². The Morgan fingerprint density at radius 1 is 1.30 bits per heavy atom. The van der Waals surface area contributed by atoms with Crippen LogP contribution in [0.25, 0.3) is 0 Å². The standard InChI is InChI=1S/C22H35N3O5/c1-4-23-22(24-14-19-13-20(16(2)30-19)21(26)27-3)25-10-8-17(9-11-25)29-15-18-7-5-6-12-28-18/h13,17-18H,4-12,14-15H2,1-3H3,(H,23,24). The van der Waals surface area contributed by atoms with Crippen LogP contribution in [0.4, 0.5) is 0 Å². The molecule has 30 heavy (non-hydrogen) atoms. The molecule has 1 atom stereocenters. The maximum absolute atomic E-state index is 11.8. The van der Waals surface area contributed by atoms with Crippen LogP contribution in [0.1, 0.15) is 60.9 Å². The first-order chi connectivity index (χ1) is 14.6. The van der Waals surface area contributed by atoms with Crippen molar-refractivity contribution >= 4 is 11.9 Å². The number of likely N-dealkylation sites (tertiary alicyclic amines) is 1. The summed E-state index contributed by atoms with van der Waals surface area (Å²) in [7, 11) is 1.37. The van der Waals surface area contributed by atoms with Crippen LogP contribution in [0.5, 0.6) is 0 Å². The van der Waals surface area contributed by atoms with E-state index in [1.54, 1.807) is 13.0 Å². The molecule has 8 nitrogen and oxygen atoms in total. The smallest absolute Gasteiger partial charge is 0.341 e. The van der Waals surface area contributed by atoms with Crippen LogP contribution >= 0.6 is 0 Å². The quantitative estimate of drug-likeness (QED) is 0.412. The van der Waals surface area contributed by atoms with Crippen LogP contribution in [0, 0.1) is 6.92 Å². The lowest BCUT2D eigenvalue weighted by molar-refractivity contribution is -0.0721. The van der Waals surface area contributed by atoms with Gasteiger partial charge in [0.25, 0.3) is 0 Å². The molecule has 0 amide bonds. The van der Waals surface area contributed by atoms with Crippen molar-refractivity contribution in [3.05, 3.63) is 23.2 Å². The average molecular weight is 422 g/mol. The van der Waals surface area contributed by atoms with Gasteiger partial charge in [0, 0.05) is 26.2 Å². The summed E-state index contributed by atoms with van der Waals surface area (Å²) in [6.45, 7) is 8.34. The van der Waals surface area contributed by atoms with Crippen LogP contribution in [0.3, 0.4) is 0 Å². The zero-order valence-corrected chi connectivity index (χ0v) is 18.4. The highest BCUT2D eigenvalue weighted by Crippen LogP contribution is 2.19. The molecule has 2 aliphatic heterocycles. The highest BCUT2D eigenvalue weighted by atomic mass is 16.5. The Morgan fingerprint density at radius 3 is 2.77 bits per heavy atom. The maximum atomic E-state index is 11.8. The van der Waals surface area contributed by atoms with Crippen molar-refractivity contribution in [2.24, 2.45) is 4.99 Å². The van der Waals surface area contributed by atoms with Crippen molar-refractivity contribution in [1.82, 2.24) is 10.2 Å². The zero-order chi connectivity index (χ0) is 21.3. The SMILES string of the molecule is CCNC(=NCc1cc(C(=O)OC)c(C)o1)N1CCC(OCC2CCCCO2)CC1. The van der Waals surface area contributed by atoms with Crippen LogP contribution in [-0.4, -0.2) is 69.0 Å². The summed E-state index contributed by atoms with van der Waals surface area (Å²) in [6, 6.07) is 1.71. The molecule has 168 valence electrons. The normalized spacial score (nSPS) is 21.0. The van der Waals surface area contributed by atoms with Crippen LogP contribution in [0.15, 0.2) is 15.5 Å². The first-order valence-electron chi connectivity index (χ1n) is 11.0. The number of piperidine rings is 1. The van der Waals surface area contributed by atoms with Gasteiger partial charge in [-0.25, -0.2) is 9.79 Å². The van der Waals surface area contributed by atoms with Crippen molar-refractivity contribution in [2.75, 3.05) is 40.0 Å². The number of guanidine groups is 1. The van der Waals surface area contributed by atoms with Crippen LogP contribution < -0.4 is 5.32 Å². The number of rotatable bonds is 7. The van der Waals surface area contributed by atoms with Gasteiger partial charge in [-0.1, -0.05) is 0 Å². The third kappa shape index (κ3) is 6.22. The monoisotopic (exact) mass is 421 g/mol. The number of carbonyl (C=O) groups excluding carboxylic acids is 1. The zero-order valence-electron chi connectivity index (χ0n) is 18.4. The van der Waals surface area contributed by atoms with Gasteiger partial charge in [0.2, 0.25) is 0 Å². The number of nitrogens with zero attached hydrogens (tertiary/aromatic N) is 2. The fraction of sp³-hybridized carbons (Fsp3) is 0.727. The van der Waals surface area contributed by atoms with Crippen molar-refractivity contribution in [3.8, 4) is 0 Å². The summed E-state index contributed by atoms with van der Waals surface area (Å²) in [4.78, 5) is 18.7. The van der Waals surface area contributed by atoms with Gasteiger partial charge in [0.15, 0.2) is 5.96 Å². The molecule has 0 saturated carbocycles. The minimum atomic E-state index is -0.390. The fourth-order valence-corrected chi connectivity index (χ4v) is 3.93. The number of aryl methyl sites for hydroxylation is 1. The Kier molecular flexibility index (Phi) is 8.57. The summed E-state index contributed by atoms with van der Waals surface area (Å²) in [5.74, 6) is 1.67. The van der Waals surface area contributed by atoms with Crippen molar-refractivity contribution in [3.63, 3.8) is 0 Å². The molecule has 2 saturated heterocycles. The van der Waals surface area contributed by atoms with Gasteiger partial charge in [-0.15, -0.1) is 0 Å². The second-order valence-electron chi connectivity index (χ2n) is 7.85. The Bertz CT molecular complexity index is 704. The Hall–Kier alpha value is -2.06. The number of carbonyl (C=O) groups is 1. The lowest BCUT2D eigenvalue weighted by Crippen LogP contribution is -2.47. The van der Waals surface area contributed by atoms with Crippen molar-refractivity contribution in [1.29, 1.82) is 0 Å². The van der Waals surface area contributed by atoms with Crippen LogP contribution in [0.2, 0.25) is 0 Å². The first kappa shape index (κ1) is 22.6. The molecular formula is C22H35N3O5. The molecule has 0 aliphatic carbocycles. The minimum Gasteiger partial charge on any atom is -0.465 e. The van der Waals surface area contributed by atoms with Gasteiger partial charge in [-0.3, -0.25) is 0 Å². The molecule has 3 heterocycles. The van der Waals surface area contributed by atoms with E-state index in [1.165, 1.54) is 20.0 Å². The number of methoxy groups -OCH3 is 1. The molecule has 2 fully saturated rings. The number of hydrogen-bond acceptors (Lipinski definition) is 6. The van der Waals surface area contributed by atoms with Crippen LogP contribution in [-0.2, 0) is 20.8 Å². The summed E-state index contributed by atoms with van der Waals surface area (Å²) < 4.78 is 22.3. The van der Waals surface area contributed by atoms with Gasteiger partial charge in [-0.05, 0) is 52.0 Å². The lowest BCUT2D eigenvalue weighted by Gasteiger charge is -2.35. The number of aliphatic imine (C=N–C) groups is 1. The number of hydrogen-bond donors (Lipinski definition) is 1. The molecule has 0 spiro atoms. The largest absolute Gasteiger partial charge is 0.465 e. The maximum Gasteiger partial charge on any atom is 0.341 e. The third-order valence-corrected chi connectivity index (χ3v) is 5.63. The number of nitrogens with one attached hydrogen (secondary N) is 1. The van der Waals surface area contributed by atoms with E-state index in [-0.39, 0.29) is 18.2 Å². The van der Waals surface area contributed by atoms with Gasteiger partial charge in [0.05, 0.1) is 25.9 Å². The minimum absolute atomic E-state index is 0.266. The van der Waals surface area contributed by atoms with Gasteiger partial charge in [0.1, 0.15) is 23.6 Å². The highest BCUT2D eigenvalue weighted by molar-refractivity contribution is 5.90. The predicted molar refractivity (Wildman–Crippen MR) is 114 cm³/mol. The molecule has 3 rings (SSSR count). The first-order valence-corrected chi connectivity index (χ1v) is 11.0. The molecular weight excluding hydrogens is 386 g/mol. The van der Waals surface area contributed by atoms with Gasteiger partial charge >= 0.3 is 5.97 Å². The van der Waals surface area contributed by atoms with Crippen molar-refractivity contribution in [2.45, 2.75) is 64.7 Å². The van der Waals surface area contributed by atoms with E-state index in [2.05, 4.69) is 17.1 Å². The van der Waals surface area contributed by atoms with E-state index >= 15 is 0 Å². The summed E-state index contributed by atoms with van der Waals surface area (Å²) in [5.41, 5.74) is 0.451. The third-order valence-electron chi connectivity index (χ3n) is 5.63. The molecule has 2 aliphatic rings. The van der Waals surface area contributed by atoms with E-state index in [4.69, 9.17) is 23.6 Å². The molecule has 1 aromatic heterocycles. The Morgan fingerprint density at radius 2 is 2.10 bits per heavy atom. The molecule has 0 radical (unpaired) electrons. The second kappa shape index (κ2) is 11.4. The Labute approximate surface area is 178 Å². The molecule has 0 bridgehead atoms.